The standard InChI is InChI=1S/C15H26N6O2/c1-12-10-21(11-13(2)23-12)8-7-20-15(22)19-6-5-18-14-9-16-3-4-17-14/h3-4,9,12-13H,5-8,10-11H2,1-2H3,(H,17,18)(H2,19,20,22). The Balaban J connectivity index is 1.51. The van der Waals surface area contributed by atoms with Crippen LogP contribution in [0, 0.1) is 0 Å². The van der Waals surface area contributed by atoms with Crippen molar-refractivity contribution >= 4 is 11.8 Å². The topological polar surface area (TPSA) is 91.4 Å². The van der Waals surface area contributed by atoms with E-state index in [1.807, 2.05) is 0 Å². The van der Waals surface area contributed by atoms with Gasteiger partial charge in [0.2, 0.25) is 0 Å². The lowest BCUT2D eigenvalue weighted by atomic mass is 10.2. The summed E-state index contributed by atoms with van der Waals surface area (Å²) in [5.74, 6) is 0.699. The number of hydrogen-bond acceptors (Lipinski definition) is 6. The molecular weight excluding hydrogens is 296 g/mol. The monoisotopic (exact) mass is 322 g/mol. The van der Waals surface area contributed by atoms with E-state index in [0.717, 1.165) is 19.6 Å². The predicted octanol–water partition coefficient (Wildman–Crippen LogP) is 0.297. The smallest absolute Gasteiger partial charge is 0.314 e. The highest BCUT2D eigenvalue weighted by Gasteiger charge is 2.21. The Bertz CT molecular complexity index is 462. The summed E-state index contributed by atoms with van der Waals surface area (Å²) in [6, 6.07) is -0.152. The van der Waals surface area contributed by atoms with Gasteiger partial charge in [-0.15, -0.1) is 0 Å². The van der Waals surface area contributed by atoms with Crippen molar-refractivity contribution in [2.45, 2.75) is 26.1 Å². The van der Waals surface area contributed by atoms with Crippen molar-refractivity contribution in [1.82, 2.24) is 25.5 Å². The maximum absolute atomic E-state index is 11.7. The minimum absolute atomic E-state index is 0.152. The number of ether oxygens (including phenoxy) is 1. The summed E-state index contributed by atoms with van der Waals surface area (Å²) in [6.45, 7) is 8.57. The van der Waals surface area contributed by atoms with Crippen LogP contribution in [0.25, 0.3) is 0 Å². The summed E-state index contributed by atoms with van der Waals surface area (Å²) in [5.41, 5.74) is 0. The van der Waals surface area contributed by atoms with Crippen LogP contribution in [-0.4, -0.2) is 72.4 Å². The fourth-order valence-corrected chi connectivity index (χ4v) is 2.61. The molecule has 0 aromatic carbocycles. The number of nitrogens with one attached hydrogen (secondary N) is 3. The Labute approximate surface area is 137 Å². The van der Waals surface area contributed by atoms with E-state index in [9.17, 15) is 4.79 Å². The number of morpholine rings is 1. The first-order chi connectivity index (χ1) is 11.1. The molecule has 0 radical (unpaired) electrons. The lowest BCUT2D eigenvalue weighted by Gasteiger charge is -2.35. The Morgan fingerprint density at radius 2 is 1.96 bits per heavy atom. The van der Waals surface area contributed by atoms with Gasteiger partial charge in [-0.1, -0.05) is 0 Å². The molecule has 1 aliphatic rings. The molecule has 0 aliphatic carbocycles. The maximum Gasteiger partial charge on any atom is 0.314 e. The zero-order chi connectivity index (χ0) is 16.5. The van der Waals surface area contributed by atoms with E-state index >= 15 is 0 Å². The highest BCUT2D eigenvalue weighted by molar-refractivity contribution is 5.73. The number of anilines is 1. The molecule has 3 N–H and O–H groups in total. The average molecular weight is 322 g/mol. The van der Waals surface area contributed by atoms with Crippen LogP contribution in [0.15, 0.2) is 18.6 Å². The third kappa shape index (κ3) is 6.79. The minimum Gasteiger partial charge on any atom is -0.373 e. The second-order valence-corrected chi connectivity index (χ2v) is 5.72. The van der Waals surface area contributed by atoms with Gasteiger partial charge in [0.05, 0.1) is 18.4 Å². The molecule has 1 aromatic heterocycles. The van der Waals surface area contributed by atoms with Crippen LogP contribution >= 0.6 is 0 Å². The van der Waals surface area contributed by atoms with E-state index in [-0.39, 0.29) is 18.2 Å². The van der Waals surface area contributed by atoms with Crippen LogP contribution in [0.4, 0.5) is 10.6 Å². The average Bonchev–Trinajstić information content (AvgIpc) is 2.52. The fourth-order valence-electron chi connectivity index (χ4n) is 2.61. The largest absolute Gasteiger partial charge is 0.373 e. The van der Waals surface area contributed by atoms with Crippen molar-refractivity contribution in [1.29, 1.82) is 0 Å². The molecule has 1 fully saturated rings. The molecular formula is C15H26N6O2. The van der Waals surface area contributed by atoms with E-state index in [4.69, 9.17) is 4.74 Å². The van der Waals surface area contributed by atoms with E-state index in [1.165, 1.54) is 0 Å². The third-order valence-electron chi connectivity index (χ3n) is 3.49. The molecule has 128 valence electrons. The molecule has 2 heterocycles. The number of carbonyl (C=O) groups excluding carboxylic acids is 1. The number of aromatic nitrogens is 2. The molecule has 8 heteroatoms. The van der Waals surface area contributed by atoms with Crippen molar-refractivity contribution in [3.05, 3.63) is 18.6 Å². The molecule has 2 atom stereocenters. The third-order valence-corrected chi connectivity index (χ3v) is 3.49. The number of urea groups is 1. The van der Waals surface area contributed by atoms with Crippen LogP contribution in [0.2, 0.25) is 0 Å². The first-order valence-electron chi connectivity index (χ1n) is 8.03. The molecule has 1 saturated heterocycles. The highest BCUT2D eigenvalue weighted by atomic mass is 16.5. The summed E-state index contributed by atoms with van der Waals surface area (Å²) >= 11 is 0. The van der Waals surface area contributed by atoms with Gasteiger partial charge in [-0.05, 0) is 13.8 Å². The van der Waals surface area contributed by atoms with E-state index in [2.05, 4.69) is 44.7 Å². The van der Waals surface area contributed by atoms with Crippen molar-refractivity contribution in [2.75, 3.05) is 44.6 Å². The molecule has 8 nitrogen and oxygen atoms in total. The molecule has 2 unspecified atom stereocenters. The van der Waals surface area contributed by atoms with Crippen molar-refractivity contribution in [3.63, 3.8) is 0 Å². The second kappa shape index (κ2) is 9.26. The van der Waals surface area contributed by atoms with Crippen molar-refractivity contribution in [3.8, 4) is 0 Å². The molecule has 23 heavy (non-hydrogen) atoms. The Morgan fingerprint density at radius 1 is 1.22 bits per heavy atom. The lowest BCUT2D eigenvalue weighted by Crippen LogP contribution is -2.48. The normalized spacial score (nSPS) is 21.7. The molecule has 2 amide bonds. The number of amides is 2. The molecule has 0 saturated carbocycles. The first-order valence-corrected chi connectivity index (χ1v) is 8.03. The fraction of sp³-hybridized carbons (Fsp3) is 0.667. The van der Waals surface area contributed by atoms with Crippen molar-refractivity contribution < 1.29 is 9.53 Å². The molecule has 0 spiro atoms. The molecule has 0 bridgehead atoms. The van der Waals surface area contributed by atoms with E-state index < -0.39 is 0 Å². The summed E-state index contributed by atoms with van der Waals surface area (Å²) in [5, 5.41) is 8.75. The summed E-state index contributed by atoms with van der Waals surface area (Å²) in [6.07, 6.45) is 5.38. The van der Waals surface area contributed by atoms with Gasteiger partial charge >= 0.3 is 6.03 Å². The Hall–Kier alpha value is -1.93. The maximum atomic E-state index is 11.7. The van der Waals surface area contributed by atoms with Gasteiger partial charge in [0.25, 0.3) is 0 Å². The Kier molecular flexibility index (Phi) is 7.02. The summed E-state index contributed by atoms with van der Waals surface area (Å²) in [4.78, 5) is 22.1. The van der Waals surface area contributed by atoms with Crippen LogP contribution in [-0.2, 0) is 4.74 Å². The van der Waals surface area contributed by atoms with Gasteiger partial charge in [0, 0.05) is 51.7 Å². The lowest BCUT2D eigenvalue weighted by molar-refractivity contribution is -0.0672. The van der Waals surface area contributed by atoms with Gasteiger partial charge in [-0.25, -0.2) is 9.78 Å². The molecule has 2 rings (SSSR count). The van der Waals surface area contributed by atoms with Gasteiger partial charge in [-0.3, -0.25) is 9.88 Å². The zero-order valence-electron chi connectivity index (χ0n) is 13.8. The van der Waals surface area contributed by atoms with Crippen LogP contribution in [0.3, 0.4) is 0 Å². The number of carbonyl (C=O) groups is 1. The van der Waals surface area contributed by atoms with Gasteiger partial charge in [-0.2, -0.15) is 0 Å². The number of hydrogen-bond donors (Lipinski definition) is 3. The van der Waals surface area contributed by atoms with Crippen LogP contribution in [0.5, 0.6) is 0 Å². The van der Waals surface area contributed by atoms with Crippen LogP contribution < -0.4 is 16.0 Å². The molecule has 1 aromatic rings. The first kappa shape index (κ1) is 17.4. The molecule has 1 aliphatic heterocycles. The van der Waals surface area contributed by atoms with Gasteiger partial charge < -0.3 is 20.7 Å². The zero-order valence-corrected chi connectivity index (χ0v) is 13.8. The highest BCUT2D eigenvalue weighted by Crippen LogP contribution is 2.09. The van der Waals surface area contributed by atoms with Crippen LogP contribution in [0.1, 0.15) is 13.8 Å². The van der Waals surface area contributed by atoms with E-state index in [0.29, 0.717) is 25.5 Å². The summed E-state index contributed by atoms with van der Waals surface area (Å²) < 4.78 is 5.69. The predicted molar refractivity (Wildman–Crippen MR) is 88.4 cm³/mol. The Morgan fingerprint density at radius 3 is 2.65 bits per heavy atom. The van der Waals surface area contributed by atoms with Gasteiger partial charge in [0.15, 0.2) is 0 Å². The number of nitrogens with zero attached hydrogens (tertiary/aromatic N) is 3. The minimum atomic E-state index is -0.152. The van der Waals surface area contributed by atoms with Crippen molar-refractivity contribution in [2.24, 2.45) is 0 Å². The van der Waals surface area contributed by atoms with E-state index in [1.54, 1.807) is 18.6 Å². The number of rotatable bonds is 7. The quantitative estimate of drug-likeness (QED) is 0.625. The van der Waals surface area contributed by atoms with Gasteiger partial charge in [0.1, 0.15) is 5.82 Å². The SMILES string of the molecule is CC1CN(CCNC(=O)NCCNc2cnccn2)CC(C)O1. The second-order valence-electron chi connectivity index (χ2n) is 5.72. The summed E-state index contributed by atoms with van der Waals surface area (Å²) in [7, 11) is 0.